The summed E-state index contributed by atoms with van der Waals surface area (Å²) < 4.78 is 56.9. The summed E-state index contributed by atoms with van der Waals surface area (Å²) in [5, 5.41) is 13.5. The van der Waals surface area contributed by atoms with Gasteiger partial charge in [0.1, 0.15) is 16.7 Å². The van der Waals surface area contributed by atoms with Crippen LogP contribution in [0.25, 0.3) is 17.0 Å². The maximum absolute atomic E-state index is 13.8. The zero-order chi connectivity index (χ0) is 29.1. The molecule has 0 saturated heterocycles. The quantitative estimate of drug-likeness (QED) is 0.209. The number of carbonyl (C=O) groups is 1. The van der Waals surface area contributed by atoms with Gasteiger partial charge in [0.15, 0.2) is 0 Å². The van der Waals surface area contributed by atoms with Gasteiger partial charge in [0, 0.05) is 55.9 Å². The van der Waals surface area contributed by atoms with Gasteiger partial charge in [-0.3, -0.25) is 9.47 Å². The Bertz CT molecular complexity index is 1690. The normalized spacial score (nSPS) is 13.8. The minimum atomic E-state index is -4.92. The average molecular weight is 584 g/mol. The maximum atomic E-state index is 13.8. The fourth-order valence-corrected chi connectivity index (χ4v) is 5.09. The minimum Gasteiger partial charge on any atom is -0.406 e. The van der Waals surface area contributed by atoms with Gasteiger partial charge in [-0.1, -0.05) is 23.8 Å². The van der Waals surface area contributed by atoms with E-state index in [2.05, 4.69) is 26.0 Å². The Balaban J connectivity index is 1.36. The van der Waals surface area contributed by atoms with Gasteiger partial charge in [0.25, 0.3) is 0 Å². The van der Waals surface area contributed by atoms with Crippen LogP contribution in [0.15, 0.2) is 60.8 Å². The third-order valence-corrected chi connectivity index (χ3v) is 6.80. The lowest BCUT2D eigenvalue weighted by atomic mass is 10.0. The average Bonchev–Trinajstić information content (AvgIpc) is 3.23. The van der Waals surface area contributed by atoms with Crippen molar-refractivity contribution in [2.45, 2.75) is 25.9 Å². The molecule has 2 aromatic heterocycles. The zero-order valence-electron chi connectivity index (χ0n) is 21.4. The first kappa shape index (κ1) is 28.1. The van der Waals surface area contributed by atoms with Crippen LogP contribution in [-0.4, -0.2) is 39.9 Å². The summed E-state index contributed by atoms with van der Waals surface area (Å²) in [6.45, 7) is 1.73. The fraction of sp³-hybridized carbons (Fsp3) is 0.207. The Morgan fingerprint density at radius 2 is 2.02 bits per heavy atom. The third kappa shape index (κ3) is 6.67. The molecule has 2 aromatic carbocycles. The predicted octanol–water partition coefficient (Wildman–Crippen LogP) is 6.43. The molecule has 0 saturated carbocycles. The van der Waals surface area contributed by atoms with Crippen molar-refractivity contribution < 1.29 is 27.1 Å². The van der Waals surface area contributed by atoms with Crippen molar-refractivity contribution in [3.63, 3.8) is 0 Å². The number of hydrogen-bond donors (Lipinski definition) is 1. The van der Waals surface area contributed by atoms with Crippen molar-refractivity contribution in [1.82, 2.24) is 19.8 Å². The lowest BCUT2D eigenvalue weighted by Crippen LogP contribution is -2.34. The Hall–Kier alpha value is -4.40. The standard InChI is InChI=1S/C29H22ClF4N5O2/c30-27-13-20(5-7-36-27)16-37-28(40)39-25-4-3-19(15-35)12-23(25)24-17-38(9-6-26(24)39)8-1-2-18-10-21(31)14-22(11-18)41-29(32,33)34/h1-5,7,10-14H,6,8-9,16-17H2,(H,37,40)/b2-1+. The number of nitrogens with zero attached hydrogens (tertiary/aromatic N) is 4. The van der Waals surface area contributed by atoms with Crippen LogP contribution in [0.3, 0.4) is 0 Å². The van der Waals surface area contributed by atoms with Gasteiger partial charge in [-0.15, -0.1) is 13.2 Å². The van der Waals surface area contributed by atoms with E-state index < -0.39 is 17.9 Å². The van der Waals surface area contributed by atoms with Crippen LogP contribution < -0.4 is 10.1 Å². The van der Waals surface area contributed by atoms with Gasteiger partial charge in [0.05, 0.1) is 17.1 Å². The number of ether oxygens (including phenoxy) is 1. The van der Waals surface area contributed by atoms with E-state index in [1.165, 1.54) is 6.08 Å². The van der Waals surface area contributed by atoms with Gasteiger partial charge in [-0.25, -0.2) is 14.2 Å². The van der Waals surface area contributed by atoms with Crippen molar-refractivity contribution in [3.05, 3.63) is 99.7 Å². The van der Waals surface area contributed by atoms with Crippen LogP contribution in [0.4, 0.5) is 22.4 Å². The van der Waals surface area contributed by atoms with Crippen LogP contribution in [0.5, 0.6) is 5.75 Å². The largest absolute Gasteiger partial charge is 0.573 e. The predicted molar refractivity (Wildman–Crippen MR) is 145 cm³/mol. The fourth-order valence-electron chi connectivity index (χ4n) is 4.89. The highest BCUT2D eigenvalue weighted by atomic mass is 35.5. The van der Waals surface area contributed by atoms with E-state index in [0.717, 1.165) is 34.3 Å². The Kier molecular flexibility index (Phi) is 7.97. The van der Waals surface area contributed by atoms with Crippen LogP contribution in [0.1, 0.15) is 27.9 Å². The van der Waals surface area contributed by atoms with Crippen LogP contribution >= 0.6 is 11.6 Å². The van der Waals surface area contributed by atoms with E-state index in [1.807, 2.05) is 0 Å². The monoisotopic (exact) mass is 583 g/mol. The second-order valence-corrected chi connectivity index (χ2v) is 9.79. The molecule has 0 fully saturated rings. The second kappa shape index (κ2) is 11.6. The summed E-state index contributed by atoms with van der Waals surface area (Å²) in [7, 11) is 0. The van der Waals surface area contributed by atoms with Crippen molar-refractivity contribution in [2.75, 3.05) is 13.1 Å². The van der Waals surface area contributed by atoms with Gasteiger partial charge in [0.2, 0.25) is 0 Å². The molecule has 210 valence electrons. The molecule has 0 bridgehead atoms. The molecule has 7 nitrogen and oxygen atoms in total. The van der Waals surface area contributed by atoms with E-state index >= 15 is 0 Å². The number of rotatable bonds is 6. The highest BCUT2D eigenvalue weighted by Gasteiger charge is 2.31. The first-order chi connectivity index (χ1) is 19.6. The van der Waals surface area contributed by atoms with Crippen LogP contribution in [0.2, 0.25) is 5.15 Å². The number of pyridine rings is 1. The lowest BCUT2D eigenvalue weighted by molar-refractivity contribution is -0.274. The molecule has 0 atom stereocenters. The summed E-state index contributed by atoms with van der Waals surface area (Å²) in [5.41, 5.74) is 3.90. The van der Waals surface area contributed by atoms with Gasteiger partial charge < -0.3 is 10.1 Å². The summed E-state index contributed by atoms with van der Waals surface area (Å²) in [5.74, 6) is -1.48. The molecule has 0 spiro atoms. The lowest BCUT2D eigenvalue weighted by Gasteiger charge is -2.27. The number of nitrogens with one attached hydrogen (secondary N) is 1. The molecular weight excluding hydrogens is 562 g/mol. The number of benzene rings is 2. The van der Waals surface area contributed by atoms with E-state index in [-0.39, 0.29) is 18.1 Å². The smallest absolute Gasteiger partial charge is 0.406 e. The molecule has 3 heterocycles. The summed E-state index contributed by atoms with van der Waals surface area (Å²) in [6, 6.07) is 13.3. The zero-order valence-corrected chi connectivity index (χ0v) is 22.1. The molecule has 1 amide bonds. The van der Waals surface area contributed by atoms with Crippen molar-refractivity contribution in [3.8, 4) is 11.8 Å². The number of nitriles is 1. The molecule has 4 aromatic rings. The topological polar surface area (TPSA) is 83.2 Å². The summed E-state index contributed by atoms with van der Waals surface area (Å²) in [6.07, 6.45) is 0.431. The molecule has 5 rings (SSSR count). The Morgan fingerprint density at radius 1 is 1.20 bits per heavy atom. The van der Waals surface area contributed by atoms with Crippen LogP contribution in [0, 0.1) is 17.1 Å². The number of halogens is 5. The number of amides is 1. The summed E-state index contributed by atoms with van der Waals surface area (Å²) >= 11 is 5.95. The molecule has 1 aliphatic rings. The molecule has 0 unspecified atom stereocenters. The highest BCUT2D eigenvalue weighted by Crippen LogP contribution is 2.32. The van der Waals surface area contributed by atoms with E-state index in [9.17, 15) is 27.6 Å². The number of hydrogen-bond acceptors (Lipinski definition) is 5. The molecule has 0 aliphatic carbocycles. The van der Waals surface area contributed by atoms with Gasteiger partial charge >= 0.3 is 12.4 Å². The number of fused-ring (bicyclic) bond motifs is 3. The third-order valence-electron chi connectivity index (χ3n) is 6.60. The molecule has 12 heteroatoms. The number of aromatic nitrogens is 2. The molecule has 0 radical (unpaired) electrons. The van der Waals surface area contributed by atoms with Crippen LogP contribution in [-0.2, 0) is 19.5 Å². The van der Waals surface area contributed by atoms with Crippen molar-refractivity contribution in [1.29, 1.82) is 5.26 Å². The number of carbonyl (C=O) groups excluding carboxylic acids is 1. The summed E-state index contributed by atoms with van der Waals surface area (Å²) in [4.78, 5) is 19.4. The SMILES string of the molecule is N#Cc1ccc2c(c1)c1c(n2C(=O)NCc2ccnc(Cl)c2)CCN(C/C=C/c2cc(F)cc(OC(F)(F)F)c2)C1. The first-order valence-corrected chi connectivity index (χ1v) is 12.9. The highest BCUT2D eigenvalue weighted by molar-refractivity contribution is 6.29. The number of alkyl halides is 3. The van der Waals surface area contributed by atoms with Gasteiger partial charge in [-0.2, -0.15) is 5.26 Å². The maximum Gasteiger partial charge on any atom is 0.573 e. The van der Waals surface area contributed by atoms with Gasteiger partial charge in [-0.05, 0) is 59.2 Å². The molecule has 1 N–H and O–H groups in total. The molecule has 41 heavy (non-hydrogen) atoms. The Morgan fingerprint density at radius 3 is 2.78 bits per heavy atom. The minimum absolute atomic E-state index is 0.226. The van der Waals surface area contributed by atoms with E-state index in [1.54, 1.807) is 47.2 Å². The first-order valence-electron chi connectivity index (χ1n) is 12.5. The molecule has 1 aliphatic heterocycles. The Labute approximate surface area is 237 Å². The molecular formula is C29H22ClF4N5O2. The van der Waals surface area contributed by atoms with E-state index in [4.69, 9.17) is 11.6 Å². The second-order valence-electron chi connectivity index (χ2n) is 9.41. The van der Waals surface area contributed by atoms with Crippen molar-refractivity contribution >= 4 is 34.6 Å². The van der Waals surface area contributed by atoms with Crippen molar-refractivity contribution in [2.24, 2.45) is 0 Å². The van der Waals surface area contributed by atoms with E-state index in [0.29, 0.717) is 48.4 Å².